The SMILES string of the molecule is CNc1cccc(NC(=O)C(Cc2ccccc2)NC(=O)c2ccccc2F)c1C=N. The molecule has 0 aliphatic carbocycles. The third-order valence-corrected chi connectivity index (χ3v) is 4.80. The molecular formula is C24H23FN4O2. The fourth-order valence-corrected chi connectivity index (χ4v) is 3.21. The Morgan fingerprint density at radius 1 is 0.968 bits per heavy atom. The minimum absolute atomic E-state index is 0.134. The molecule has 2 amide bonds. The van der Waals surface area contributed by atoms with Crippen LogP contribution >= 0.6 is 0 Å². The van der Waals surface area contributed by atoms with Crippen LogP contribution in [0.15, 0.2) is 72.8 Å². The molecule has 0 fully saturated rings. The van der Waals surface area contributed by atoms with Gasteiger partial charge in [-0.15, -0.1) is 0 Å². The summed E-state index contributed by atoms with van der Waals surface area (Å²) in [5, 5.41) is 16.1. The van der Waals surface area contributed by atoms with E-state index in [4.69, 9.17) is 5.41 Å². The van der Waals surface area contributed by atoms with Gasteiger partial charge >= 0.3 is 0 Å². The second kappa shape index (κ2) is 10.2. The second-order valence-electron chi connectivity index (χ2n) is 6.85. The Morgan fingerprint density at radius 2 is 1.65 bits per heavy atom. The standard InChI is InChI=1S/C24H23FN4O2/c1-27-20-12-7-13-21(18(20)15-26)28-24(31)22(14-16-8-3-2-4-9-16)29-23(30)17-10-5-6-11-19(17)25/h2-13,15,22,26-27H,14H2,1H3,(H,28,31)(H,29,30). The van der Waals surface area contributed by atoms with Crippen molar-refractivity contribution in [3.05, 3.63) is 95.3 Å². The van der Waals surface area contributed by atoms with E-state index in [-0.39, 0.29) is 12.0 Å². The van der Waals surface area contributed by atoms with E-state index in [0.29, 0.717) is 16.9 Å². The third-order valence-electron chi connectivity index (χ3n) is 4.80. The average molecular weight is 418 g/mol. The number of hydrogen-bond donors (Lipinski definition) is 4. The van der Waals surface area contributed by atoms with Crippen molar-refractivity contribution in [2.24, 2.45) is 0 Å². The zero-order chi connectivity index (χ0) is 22.2. The van der Waals surface area contributed by atoms with Gasteiger partial charge in [0.1, 0.15) is 11.9 Å². The molecule has 4 N–H and O–H groups in total. The highest BCUT2D eigenvalue weighted by atomic mass is 19.1. The third kappa shape index (κ3) is 5.33. The second-order valence-corrected chi connectivity index (χ2v) is 6.85. The van der Waals surface area contributed by atoms with Crippen molar-refractivity contribution in [1.29, 1.82) is 5.41 Å². The summed E-state index contributed by atoms with van der Waals surface area (Å²) in [6, 6.07) is 19.1. The Balaban J connectivity index is 1.87. The molecule has 0 radical (unpaired) electrons. The molecule has 31 heavy (non-hydrogen) atoms. The van der Waals surface area contributed by atoms with Crippen LogP contribution in [0.5, 0.6) is 0 Å². The molecule has 1 atom stereocenters. The van der Waals surface area contributed by atoms with Crippen molar-refractivity contribution in [2.45, 2.75) is 12.5 Å². The maximum Gasteiger partial charge on any atom is 0.254 e. The van der Waals surface area contributed by atoms with Crippen LogP contribution in [0, 0.1) is 11.2 Å². The number of rotatable bonds is 8. The topological polar surface area (TPSA) is 94.1 Å². The molecule has 0 saturated carbocycles. The van der Waals surface area contributed by atoms with Crippen LogP contribution in [0.1, 0.15) is 21.5 Å². The maximum absolute atomic E-state index is 14.1. The highest BCUT2D eigenvalue weighted by Crippen LogP contribution is 2.22. The van der Waals surface area contributed by atoms with Gasteiger partial charge in [-0.05, 0) is 29.8 Å². The number of carbonyl (C=O) groups excluding carboxylic acids is 2. The van der Waals surface area contributed by atoms with Crippen molar-refractivity contribution in [1.82, 2.24) is 5.32 Å². The fraction of sp³-hybridized carbons (Fsp3) is 0.125. The van der Waals surface area contributed by atoms with Crippen molar-refractivity contribution < 1.29 is 14.0 Å². The molecule has 0 spiro atoms. The molecule has 6 nitrogen and oxygen atoms in total. The van der Waals surface area contributed by atoms with Gasteiger partial charge in [-0.1, -0.05) is 48.5 Å². The smallest absolute Gasteiger partial charge is 0.254 e. The Labute approximate surface area is 180 Å². The molecule has 3 aromatic carbocycles. The fourth-order valence-electron chi connectivity index (χ4n) is 3.21. The van der Waals surface area contributed by atoms with Gasteiger partial charge in [0, 0.05) is 30.9 Å². The molecule has 0 aliphatic heterocycles. The number of halogens is 1. The minimum atomic E-state index is -0.952. The van der Waals surface area contributed by atoms with E-state index in [9.17, 15) is 14.0 Å². The quantitative estimate of drug-likeness (QED) is 0.419. The summed E-state index contributed by atoms with van der Waals surface area (Å²) >= 11 is 0. The number of amides is 2. The molecule has 3 aromatic rings. The van der Waals surface area contributed by atoms with E-state index in [2.05, 4.69) is 16.0 Å². The number of anilines is 2. The van der Waals surface area contributed by atoms with Crippen molar-refractivity contribution in [3.63, 3.8) is 0 Å². The first kappa shape index (κ1) is 21.7. The molecule has 0 saturated heterocycles. The Bertz CT molecular complexity index is 1090. The number of benzene rings is 3. The molecule has 158 valence electrons. The summed E-state index contributed by atoms with van der Waals surface area (Å²) in [5.74, 6) is -1.80. The van der Waals surface area contributed by atoms with Crippen molar-refractivity contribution >= 4 is 29.4 Å². The van der Waals surface area contributed by atoms with E-state index in [0.717, 1.165) is 11.8 Å². The predicted molar refractivity (Wildman–Crippen MR) is 120 cm³/mol. The lowest BCUT2D eigenvalue weighted by molar-refractivity contribution is -0.118. The van der Waals surface area contributed by atoms with E-state index in [1.165, 1.54) is 18.2 Å². The van der Waals surface area contributed by atoms with Gasteiger partial charge in [-0.3, -0.25) is 9.59 Å². The van der Waals surface area contributed by atoms with Gasteiger partial charge in [0.2, 0.25) is 5.91 Å². The molecular weight excluding hydrogens is 395 g/mol. The predicted octanol–water partition coefficient (Wildman–Crippen LogP) is 3.84. The first-order chi connectivity index (χ1) is 15.0. The van der Waals surface area contributed by atoms with Crippen LogP contribution in [0.3, 0.4) is 0 Å². The van der Waals surface area contributed by atoms with Crippen LogP contribution in [0.2, 0.25) is 0 Å². The molecule has 0 bridgehead atoms. The first-order valence-corrected chi connectivity index (χ1v) is 9.75. The monoisotopic (exact) mass is 418 g/mol. The summed E-state index contributed by atoms with van der Waals surface area (Å²) < 4.78 is 14.1. The van der Waals surface area contributed by atoms with E-state index >= 15 is 0 Å². The van der Waals surface area contributed by atoms with Gasteiger partial charge in [0.15, 0.2) is 0 Å². The van der Waals surface area contributed by atoms with Crippen LogP contribution in [-0.4, -0.2) is 31.1 Å². The van der Waals surface area contributed by atoms with Crippen LogP contribution in [-0.2, 0) is 11.2 Å². The van der Waals surface area contributed by atoms with Crippen molar-refractivity contribution in [2.75, 3.05) is 17.7 Å². The van der Waals surface area contributed by atoms with Crippen LogP contribution < -0.4 is 16.0 Å². The van der Waals surface area contributed by atoms with E-state index < -0.39 is 23.7 Å². The van der Waals surface area contributed by atoms with Crippen LogP contribution in [0.4, 0.5) is 15.8 Å². The van der Waals surface area contributed by atoms with Gasteiger partial charge in [-0.25, -0.2) is 4.39 Å². The summed E-state index contributed by atoms with van der Waals surface area (Å²) in [6.45, 7) is 0. The number of nitrogens with one attached hydrogen (secondary N) is 4. The van der Waals surface area contributed by atoms with Crippen LogP contribution in [0.25, 0.3) is 0 Å². The van der Waals surface area contributed by atoms with Gasteiger partial charge in [-0.2, -0.15) is 0 Å². The lowest BCUT2D eigenvalue weighted by Gasteiger charge is -2.20. The molecule has 1 unspecified atom stereocenters. The average Bonchev–Trinajstić information content (AvgIpc) is 2.79. The van der Waals surface area contributed by atoms with Gasteiger partial charge in [0.05, 0.1) is 11.3 Å². The zero-order valence-electron chi connectivity index (χ0n) is 17.0. The summed E-state index contributed by atoms with van der Waals surface area (Å²) in [5.41, 5.74) is 2.34. The van der Waals surface area contributed by atoms with E-state index in [1.807, 2.05) is 30.3 Å². The summed E-state index contributed by atoms with van der Waals surface area (Å²) in [4.78, 5) is 25.8. The molecule has 7 heteroatoms. The molecule has 0 aliphatic rings. The lowest BCUT2D eigenvalue weighted by Crippen LogP contribution is -2.45. The normalized spacial score (nSPS) is 11.3. The summed E-state index contributed by atoms with van der Waals surface area (Å²) in [6.07, 6.45) is 1.37. The Kier molecular flexibility index (Phi) is 7.11. The molecule has 0 aromatic heterocycles. The lowest BCUT2D eigenvalue weighted by atomic mass is 10.0. The Hall–Kier alpha value is -4.00. The van der Waals surface area contributed by atoms with E-state index in [1.54, 1.807) is 31.3 Å². The van der Waals surface area contributed by atoms with Gasteiger partial charge < -0.3 is 21.4 Å². The summed E-state index contributed by atoms with van der Waals surface area (Å²) in [7, 11) is 1.72. The van der Waals surface area contributed by atoms with Crippen molar-refractivity contribution in [3.8, 4) is 0 Å². The first-order valence-electron chi connectivity index (χ1n) is 9.75. The molecule has 0 heterocycles. The Morgan fingerprint density at radius 3 is 2.32 bits per heavy atom. The maximum atomic E-state index is 14.1. The minimum Gasteiger partial charge on any atom is -0.388 e. The highest BCUT2D eigenvalue weighted by Gasteiger charge is 2.24. The highest BCUT2D eigenvalue weighted by molar-refractivity contribution is 6.04. The number of hydrogen-bond acceptors (Lipinski definition) is 4. The zero-order valence-corrected chi connectivity index (χ0v) is 17.0. The molecule has 3 rings (SSSR count). The number of carbonyl (C=O) groups is 2. The largest absolute Gasteiger partial charge is 0.388 e. The van der Waals surface area contributed by atoms with Gasteiger partial charge in [0.25, 0.3) is 5.91 Å².